The van der Waals surface area contributed by atoms with Crippen LogP contribution in [0.4, 0.5) is 4.79 Å². The smallest absolute Gasteiger partial charge is 0.410 e. The van der Waals surface area contributed by atoms with Crippen molar-refractivity contribution in [2.24, 2.45) is 5.92 Å². The molecule has 0 aromatic heterocycles. The van der Waals surface area contributed by atoms with Crippen LogP contribution in [0, 0.1) is 5.92 Å². The van der Waals surface area contributed by atoms with E-state index in [1.54, 1.807) is 4.90 Å². The van der Waals surface area contributed by atoms with Crippen LogP contribution in [-0.2, 0) is 9.47 Å². The maximum absolute atomic E-state index is 12.2. The number of hydrogen-bond donors (Lipinski definition) is 1. The minimum Gasteiger partial charge on any atom is -0.444 e. The van der Waals surface area contributed by atoms with Crippen LogP contribution >= 0.6 is 0 Å². The average molecular weight is 324 g/mol. The fraction of sp³-hybridized carbons (Fsp3) is 0.944. The molecule has 0 radical (unpaired) electrons. The van der Waals surface area contributed by atoms with Crippen molar-refractivity contribution >= 4 is 6.09 Å². The fourth-order valence-electron chi connectivity index (χ4n) is 4.33. The van der Waals surface area contributed by atoms with Crippen LogP contribution in [0.2, 0.25) is 0 Å². The Hall–Kier alpha value is -0.810. The van der Waals surface area contributed by atoms with Gasteiger partial charge in [0.1, 0.15) is 11.2 Å². The summed E-state index contributed by atoms with van der Waals surface area (Å²) in [7, 11) is 0. The first-order valence-corrected chi connectivity index (χ1v) is 9.25. The molecule has 132 valence electrons. The van der Waals surface area contributed by atoms with E-state index in [-0.39, 0.29) is 11.7 Å². The summed E-state index contributed by atoms with van der Waals surface area (Å²) in [5, 5.41) is 3.71. The molecule has 1 N–H and O–H groups in total. The van der Waals surface area contributed by atoms with Crippen molar-refractivity contribution in [1.82, 2.24) is 10.2 Å². The summed E-state index contributed by atoms with van der Waals surface area (Å²) in [6.45, 7) is 8.72. The summed E-state index contributed by atoms with van der Waals surface area (Å²) >= 11 is 0. The first-order chi connectivity index (χ1) is 10.9. The molecule has 2 saturated heterocycles. The molecule has 3 fully saturated rings. The summed E-state index contributed by atoms with van der Waals surface area (Å²) in [5.41, 5.74) is -0.629. The molecular weight excluding hydrogens is 292 g/mol. The lowest BCUT2D eigenvalue weighted by Gasteiger charge is -2.57. The molecule has 1 unspecified atom stereocenters. The number of likely N-dealkylation sites (tertiary alicyclic amines) is 1. The Bertz CT molecular complexity index is 418. The molecule has 0 aromatic rings. The molecule has 1 amide bonds. The van der Waals surface area contributed by atoms with E-state index in [4.69, 9.17) is 9.47 Å². The van der Waals surface area contributed by atoms with Gasteiger partial charge in [0.15, 0.2) is 0 Å². The van der Waals surface area contributed by atoms with Crippen LogP contribution in [0.5, 0.6) is 0 Å². The number of morpholine rings is 1. The summed E-state index contributed by atoms with van der Waals surface area (Å²) < 4.78 is 11.7. The third-order valence-corrected chi connectivity index (χ3v) is 5.36. The predicted molar refractivity (Wildman–Crippen MR) is 89.5 cm³/mol. The summed E-state index contributed by atoms with van der Waals surface area (Å²) in [5.74, 6) is 0.679. The van der Waals surface area contributed by atoms with E-state index < -0.39 is 5.60 Å². The number of ether oxygens (including phenoxy) is 2. The van der Waals surface area contributed by atoms with Gasteiger partial charge in [0.25, 0.3) is 0 Å². The minimum absolute atomic E-state index is 0.190. The topological polar surface area (TPSA) is 50.8 Å². The highest BCUT2D eigenvalue weighted by atomic mass is 16.6. The zero-order chi connectivity index (χ0) is 16.5. The number of nitrogens with zero attached hydrogens (tertiary/aromatic N) is 1. The average Bonchev–Trinajstić information content (AvgIpc) is 2.71. The molecule has 1 aliphatic carbocycles. The lowest BCUT2D eigenvalue weighted by molar-refractivity contribution is -0.184. The number of nitrogens with one attached hydrogen (secondary N) is 1. The molecule has 3 aliphatic rings. The fourth-order valence-corrected chi connectivity index (χ4v) is 4.33. The third kappa shape index (κ3) is 3.82. The molecule has 0 bridgehead atoms. The van der Waals surface area contributed by atoms with Gasteiger partial charge in [-0.1, -0.05) is 25.7 Å². The second kappa shape index (κ2) is 6.60. The van der Waals surface area contributed by atoms with Crippen LogP contribution in [0.25, 0.3) is 0 Å². The van der Waals surface area contributed by atoms with Crippen molar-refractivity contribution in [2.45, 2.75) is 76.5 Å². The highest BCUT2D eigenvalue weighted by Gasteiger charge is 2.55. The van der Waals surface area contributed by atoms with E-state index >= 15 is 0 Å². The number of amides is 1. The Kier molecular flexibility index (Phi) is 4.88. The molecule has 5 nitrogen and oxygen atoms in total. The van der Waals surface area contributed by atoms with Gasteiger partial charge in [-0.2, -0.15) is 0 Å². The number of rotatable bonds is 1. The Morgan fingerprint density at radius 1 is 1.17 bits per heavy atom. The standard InChI is InChI=1S/C18H32N2O3/c1-17(2,3)23-16(21)20-12-18(13-20)15(19-10-11-22-18)14-8-6-4-5-7-9-14/h14-15,19H,4-13H2,1-3H3. The van der Waals surface area contributed by atoms with E-state index in [1.165, 1.54) is 38.5 Å². The quantitative estimate of drug-likeness (QED) is 0.754. The van der Waals surface area contributed by atoms with Crippen molar-refractivity contribution in [2.75, 3.05) is 26.2 Å². The van der Waals surface area contributed by atoms with Crippen molar-refractivity contribution in [3.8, 4) is 0 Å². The van der Waals surface area contributed by atoms with E-state index in [1.807, 2.05) is 20.8 Å². The molecule has 2 aliphatic heterocycles. The third-order valence-electron chi connectivity index (χ3n) is 5.36. The number of carbonyl (C=O) groups excluding carboxylic acids is 1. The largest absolute Gasteiger partial charge is 0.444 e. The van der Waals surface area contributed by atoms with Gasteiger partial charge in [0.2, 0.25) is 0 Å². The van der Waals surface area contributed by atoms with Gasteiger partial charge in [0, 0.05) is 12.6 Å². The maximum atomic E-state index is 12.2. The Labute approximate surface area is 140 Å². The lowest BCUT2D eigenvalue weighted by Crippen LogP contribution is -2.76. The van der Waals surface area contributed by atoms with E-state index in [0.717, 1.165) is 13.2 Å². The zero-order valence-corrected chi connectivity index (χ0v) is 14.9. The first kappa shape index (κ1) is 17.0. The van der Waals surface area contributed by atoms with Crippen LogP contribution in [0.1, 0.15) is 59.3 Å². The Morgan fingerprint density at radius 2 is 1.83 bits per heavy atom. The molecule has 1 spiro atoms. The van der Waals surface area contributed by atoms with Crippen LogP contribution in [-0.4, -0.2) is 54.5 Å². The molecule has 5 heteroatoms. The number of hydrogen-bond acceptors (Lipinski definition) is 4. The SMILES string of the molecule is CC(C)(C)OC(=O)N1CC2(C1)OCCNC2C1CCCCCC1. The molecule has 1 saturated carbocycles. The van der Waals surface area contributed by atoms with Gasteiger partial charge in [-0.25, -0.2) is 4.79 Å². The molecule has 1 atom stereocenters. The van der Waals surface area contributed by atoms with Crippen molar-refractivity contribution in [3.63, 3.8) is 0 Å². The minimum atomic E-state index is -0.438. The summed E-state index contributed by atoms with van der Waals surface area (Å²) in [4.78, 5) is 14.0. The molecule has 23 heavy (non-hydrogen) atoms. The predicted octanol–water partition coefficient (Wildman–Crippen LogP) is 2.93. The first-order valence-electron chi connectivity index (χ1n) is 9.25. The van der Waals surface area contributed by atoms with Crippen molar-refractivity contribution < 1.29 is 14.3 Å². The Morgan fingerprint density at radius 3 is 2.43 bits per heavy atom. The lowest BCUT2D eigenvalue weighted by atomic mass is 9.75. The van der Waals surface area contributed by atoms with Crippen molar-refractivity contribution in [3.05, 3.63) is 0 Å². The second-order valence-corrected chi connectivity index (χ2v) is 8.43. The van der Waals surface area contributed by atoms with Crippen LogP contribution in [0.15, 0.2) is 0 Å². The van der Waals surface area contributed by atoms with Gasteiger partial charge in [0.05, 0.1) is 19.7 Å². The van der Waals surface area contributed by atoms with Crippen LogP contribution < -0.4 is 5.32 Å². The molecular formula is C18H32N2O3. The highest BCUT2D eigenvalue weighted by Crippen LogP contribution is 2.39. The van der Waals surface area contributed by atoms with Gasteiger partial charge < -0.3 is 19.7 Å². The van der Waals surface area contributed by atoms with E-state index in [0.29, 0.717) is 25.0 Å². The molecule has 0 aromatic carbocycles. The Balaban J connectivity index is 1.62. The summed E-state index contributed by atoms with van der Waals surface area (Å²) in [6, 6.07) is 0.382. The zero-order valence-electron chi connectivity index (χ0n) is 14.9. The maximum Gasteiger partial charge on any atom is 0.410 e. The van der Waals surface area contributed by atoms with E-state index in [2.05, 4.69) is 5.32 Å². The normalized spacial score (nSPS) is 29.0. The monoisotopic (exact) mass is 324 g/mol. The van der Waals surface area contributed by atoms with E-state index in [9.17, 15) is 4.79 Å². The number of carbonyl (C=O) groups is 1. The second-order valence-electron chi connectivity index (χ2n) is 8.43. The molecule has 2 heterocycles. The summed E-state index contributed by atoms with van der Waals surface area (Å²) in [6.07, 6.45) is 7.74. The molecule has 3 rings (SSSR count). The van der Waals surface area contributed by atoms with Crippen LogP contribution in [0.3, 0.4) is 0 Å². The van der Waals surface area contributed by atoms with Crippen molar-refractivity contribution in [1.29, 1.82) is 0 Å². The van der Waals surface area contributed by atoms with Gasteiger partial charge >= 0.3 is 6.09 Å². The van der Waals surface area contributed by atoms with Gasteiger partial charge in [-0.3, -0.25) is 0 Å². The van der Waals surface area contributed by atoms with Gasteiger partial charge in [-0.05, 0) is 39.5 Å². The van der Waals surface area contributed by atoms with Gasteiger partial charge in [-0.15, -0.1) is 0 Å². The highest BCUT2D eigenvalue weighted by molar-refractivity contribution is 5.69.